The molecule has 1 aliphatic rings. The fourth-order valence-corrected chi connectivity index (χ4v) is 2.36. The lowest BCUT2D eigenvalue weighted by Gasteiger charge is -2.19. The Morgan fingerprint density at radius 2 is 1.95 bits per heavy atom. The van der Waals surface area contributed by atoms with Crippen molar-refractivity contribution in [2.75, 3.05) is 13.1 Å². The number of nitrogens with zero attached hydrogens (tertiary/aromatic N) is 3. The van der Waals surface area contributed by atoms with Gasteiger partial charge in [0.2, 0.25) is 0 Å². The number of rotatable bonds is 2. The van der Waals surface area contributed by atoms with E-state index in [-0.39, 0.29) is 24.8 Å². The molecule has 0 amide bonds. The molecule has 3 rings (SSSR count). The Hall–Kier alpha value is -1.17. The van der Waals surface area contributed by atoms with Crippen molar-refractivity contribution in [3.8, 4) is 11.4 Å². The number of nitrogens with one attached hydrogen (secondary N) is 2. The molecule has 0 atom stereocenters. The number of H-pyrrole nitrogens is 1. The second-order valence-corrected chi connectivity index (χ2v) is 4.75. The van der Waals surface area contributed by atoms with E-state index in [1.807, 2.05) is 19.1 Å². The Morgan fingerprint density at radius 3 is 2.65 bits per heavy atom. The van der Waals surface area contributed by atoms with E-state index >= 15 is 0 Å². The van der Waals surface area contributed by atoms with Crippen LogP contribution in [0.1, 0.15) is 30.3 Å². The van der Waals surface area contributed by atoms with Crippen molar-refractivity contribution >= 4 is 24.8 Å². The first-order valence-electron chi connectivity index (χ1n) is 6.39. The van der Waals surface area contributed by atoms with E-state index in [0.717, 1.165) is 48.8 Å². The van der Waals surface area contributed by atoms with Gasteiger partial charge in [-0.2, -0.15) is 5.10 Å². The van der Waals surface area contributed by atoms with E-state index < -0.39 is 0 Å². The van der Waals surface area contributed by atoms with Gasteiger partial charge in [-0.05, 0) is 45.0 Å². The summed E-state index contributed by atoms with van der Waals surface area (Å²) in [6.07, 6.45) is 4.04. The van der Waals surface area contributed by atoms with Crippen LogP contribution in [0.15, 0.2) is 18.3 Å². The molecule has 0 aromatic carbocycles. The highest BCUT2D eigenvalue weighted by Gasteiger charge is 2.19. The second kappa shape index (κ2) is 7.57. The molecule has 1 fully saturated rings. The van der Waals surface area contributed by atoms with Crippen LogP contribution in [0, 0.1) is 6.92 Å². The second-order valence-electron chi connectivity index (χ2n) is 4.75. The van der Waals surface area contributed by atoms with Gasteiger partial charge in [-0.1, -0.05) is 0 Å². The van der Waals surface area contributed by atoms with Gasteiger partial charge in [-0.25, -0.2) is 4.98 Å². The zero-order valence-electron chi connectivity index (χ0n) is 11.3. The van der Waals surface area contributed by atoms with Gasteiger partial charge in [0.1, 0.15) is 0 Å². The summed E-state index contributed by atoms with van der Waals surface area (Å²) in [5, 5.41) is 10.8. The minimum absolute atomic E-state index is 0. The Kier molecular flexibility index (Phi) is 6.39. The van der Waals surface area contributed by atoms with E-state index in [0.29, 0.717) is 5.92 Å². The summed E-state index contributed by atoms with van der Waals surface area (Å²) in [5.41, 5.74) is 2.04. The molecule has 0 aliphatic carbocycles. The number of aryl methyl sites for hydroxylation is 1. The maximum absolute atomic E-state index is 4.62. The molecule has 0 spiro atoms. The summed E-state index contributed by atoms with van der Waals surface area (Å²) >= 11 is 0. The molecule has 2 aromatic heterocycles. The first-order valence-corrected chi connectivity index (χ1v) is 6.39. The number of hydrogen-bond acceptors (Lipinski definition) is 4. The molecule has 2 aromatic rings. The van der Waals surface area contributed by atoms with E-state index in [1.165, 1.54) is 0 Å². The highest BCUT2D eigenvalue weighted by molar-refractivity contribution is 5.85. The highest BCUT2D eigenvalue weighted by atomic mass is 35.5. The number of halogens is 2. The molecule has 0 radical (unpaired) electrons. The van der Waals surface area contributed by atoms with Crippen LogP contribution in [-0.2, 0) is 0 Å². The van der Waals surface area contributed by atoms with Crippen molar-refractivity contribution in [1.82, 2.24) is 25.5 Å². The van der Waals surface area contributed by atoms with Gasteiger partial charge in [0.25, 0.3) is 0 Å². The third-order valence-electron chi connectivity index (χ3n) is 3.38. The van der Waals surface area contributed by atoms with Crippen LogP contribution in [0.25, 0.3) is 11.4 Å². The molecule has 110 valence electrons. The fraction of sp³-hybridized carbons (Fsp3) is 0.462. The summed E-state index contributed by atoms with van der Waals surface area (Å²) in [4.78, 5) is 8.81. The van der Waals surface area contributed by atoms with E-state index in [2.05, 4.69) is 25.5 Å². The lowest BCUT2D eigenvalue weighted by Crippen LogP contribution is -2.27. The van der Waals surface area contributed by atoms with Crippen LogP contribution in [0.5, 0.6) is 0 Å². The number of piperidine rings is 1. The molecule has 2 N–H and O–H groups in total. The third-order valence-corrected chi connectivity index (χ3v) is 3.38. The van der Waals surface area contributed by atoms with Crippen molar-refractivity contribution in [1.29, 1.82) is 0 Å². The van der Waals surface area contributed by atoms with Gasteiger partial charge in [-0.3, -0.25) is 10.1 Å². The molecule has 3 heterocycles. The molecule has 1 aliphatic heterocycles. The van der Waals surface area contributed by atoms with Gasteiger partial charge < -0.3 is 5.32 Å². The predicted molar refractivity (Wildman–Crippen MR) is 83.7 cm³/mol. The smallest absolute Gasteiger partial charge is 0.155 e. The molecule has 20 heavy (non-hydrogen) atoms. The first kappa shape index (κ1) is 16.9. The lowest BCUT2D eigenvalue weighted by atomic mass is 9.98. The summed E-state index contributed by atoms with van der Waals surface area (Å²) in [6.45, 7) is 4.10. The Balaban J connectivity index is 0.000001000. The topological polar surface area (TPSA) is 66.5 Å². The van der Waals surface area contributed by atoms with Crippen LogP contribution in [0.4, 0.5) is 0 Å². The first-order chi connectivity index (χ1) is 8.83. The summed E-state index contributed by atoms with van der Waals surface area (Å²) in [6, 6.07) is 3.98. The molecular weight excluding hydrogens is 297 g/mol. The fourth-order valence-electron chi connectivity index (χ4n) is 2.36. The van der Waals surface area contributed by atoms with Crippen molar-refractivity contribution < 1.29 is 0 Å². The van der Waals surface area contributed by atoms with E-state index in [9.17, 15) is 0 Å². The molecule has 0 unspecified atom stereocenters. The summed E-state index contributed by atoms with van der Waals surface area (Å²) in [7, 11) is 0. The molecule has 0 saturated carbocycles. The average Bonchev–Trinajstić information content (AvgIpc) is 2.89. The molecule has 7 heteroatoms. The van der Waals surface area contributed by atoms with Crippen LogP contribution >= 0.6 is 24.8 Å². The molecular formula is C13H19Cl2N5. The molecule has 1 saturated heterocycles. The molecule has 5 nitrogen and oxygen atoms in total. The minimum Gasteiger partial charge on any atom is -0.317 e. The number of aromatic amines is 1. The zero-order chi connectivity index (χ0) is 12.4. The summed E-state index contributed by atoms with van der Waals surface area (Å²) < 4.78 is 0. The SMILES string of the molecule is Cc1cc(-c2nc(C3CCNCC3)n[nH]2)ccn1.Cl.Cl. The normalized spacial score (nSPS) is 15.2. The lowest BCUT2D eigenvalue weighted by molar-refractivity contribution is 0.446. The van der Waals surface area contributed by atoms with Crippen LogP contribution in [0.3, 0.4) is 0 Å². The van der Waals surface area contributed by atoms with Crippen molar-refractivity contribution in [3.63, 3.8) is 0 Å². The maximum atomic E-state index is 4.62. The van der Waals surface area contributed by atoms with Crippen LogP contribution in [0.2, 0.25) is 0 Å². The van der Waals surface area contributed by atoms with Gasteiger partial charge in [-0.15, -0.1) is 24.8 Å². The maximum Gasteiger partial charge on any atom is 0.155 e. The van der Waals surface area contributed by atoms with Gasteiger partial charge >= 0.3 is 0 Å². The Labute approximate surface area is 130 Å². The number of pyridine rings is 1. The minimum atomic E-state index is 0. The zero-order valence-corrected chi connectivity index (χ0v) is 12.9. The average molecular weight is 316 g/mol. The third kappa shape index (κ3) is 3.69. The van der Waals surface area contributed by atoms with Crippen LogP contribution < -0.4 is 5.32 Å². The van der Waals surface area contributed by atoms with Gasteiger partial charge in [0.05, 0.1) is 0 Å². The van der Waals surface area contributed by atoms with Gasteiger partial charge in [0.15, 0.2) is 11.6 Å². The van der Waals surface area contributed by atoms with Gasteiger partial charge in [0, 0.05) is 23.4 Å². The largest absolute Gasteiger partial charge is 0.317 e. The Morgan fingerprint density at radius 1 is 1.20 bits per heavy atom. The number of aromatic nitrogens is 4. The van der Waals surface area contributed by atoms with Crippen molar-refractivity contribution in [2.24, 2.45) is 0 Å². The highest BCUT2D eigenvalue weighted by Crippen LogP contribution is 2.24. The molecule has 0 bridgehead atoms. The number of hydrogen-bond donors (Lipinski definition) is 2. The standard InChI is InChI=1S/C13H17N5.2ClH/c1-9-8-11(4-7-15-9)13-16-12(17-18-13)10-2-5-14-6-3-10;;/h4,7-8,10,14H,2-3,5-6H2,1H3,(H,16,17,18);2*1H. The van der Waals surface area contributed by atoms with E-state index in [1.54, 1.807) is 6.20 Å². The Bertz CT molecular complexity index is 537. The monoisotopic (exact) mass is 315 g/mol. The summed E-state index contributed by atoms with van der Waals surface area (Å²) in [5.74, 6) is 2.27. The predicted octanol–water partition coefficient (Wildman–Crippen LogP) is 2.49. The van der Waals surface area contributed by atoms with Crippen LogP contribution in [-0.4, -0.2) is 33.3 Å². The van der Waals surface area contributed by atoms with Crippen molar-refractivity contribution in [3.05, 3.63) is 29.8 Å². The quantitative estimate of drug-likeness (QED) is 0.893. The van der Waals surface area contributed by atoms with E-state index in [4.69, 9.17) is 0 Å². The van der Waals surface area contributed by atoms with Crippen molar-refractivity contribution in [2.45, 2.75) is 25.7 Å².